The zero-order valence-electron chi connectivity index (χ0n) is 8.17. The minimum Gasteiger partial charge on any atom is -0.481 e. The van der Waals surface area contributed by atoms with Crippen molar-refractivity contribution >= 4 is 17.6 Å². The Balaban J connectivity index is 2.36. The van der Waals surface area contributed by atoms with Crippen LogP contribution in [0.5, 0.6) is 0 Å². The second-order valence-electron chi connectivity index (χ2n) is 3.18. The van der Waals surface area contributed by atoms with Gasteiger partial charge in [0.15, 0.2) is 0 Å². The lowest BCUT2D eigenvalue weighted by molar-refractivity contribution is -0.136. The number of carbonyl (C=O) groups is 1. The fourth-order valence-corrected chi connectivity index (χ4v) is 1.46. The summed E-state index contributed by atoms with van der Waals surface area (Å²) in [5.41, 5.74) is 1.26. The lowest BCUT2D eigenvalue weighted by Gasteiger charge is -2.03. The molecular weight excluding hydrogens is 230 g/mol. The standard InChI is InChI=1S/C10H8ClN3O2/c11-7-1-3-8(4-2-7)14-9(5-10(15)16)6-12-13-14/h1-4,6H,5H2,(H,15,16). The van der Waals surface area contributed by atoms with E-state index in [0.717, 1.165) is 5.69 Å². The molecule has 0 aliphatic carbocycles. The summed E-state index contributed by atoms with van der Waals surface area (Å²) in [6, 6.07) is 6.93. The summed E-state index contributed by atoms with van der Waals surface area (Å²) in [5.74, 6) is -0.919. The van der Waals surface area contributed by atoms with Gasteiger partial charge >= 0.3 is 5.97 Å². The number of carboxylic acids is 1. The molecule has 0 fully saturated rings. The molecule has 0 bridgehead atoms. The monoisotopic (exact) mass is 237 g/mol. The molecule has 0 radical (unpaired) electrons. The highest BCUT2D eigenvalue weighted by molar-refractivity contribution is 6.30. The summed E-state index contributed by atoms with van der Waals surface area (Å²) in [5, 5.41) is 16.8. The minimum absolute atomic E-state index is 0.115. The van der Waals surface area contributed by atoms with Crippen molar-refractivity contribution in [3.63, 3.8) is 0 Å². The number of aromatic nitrogens is 3. The van der Waals surface area contributed by atoms with Gasteiger partial charge < -0.3 is 5.11 Å². The van der Waals surface area contributed by atoms with Gasteiger partial charge in [0.1, 0.15) is 0 Å². The lowest BCUT2D eigenvalue weighted by atomic mass is 10.3. The molecule has 1 heterocycles. The number of hydrogen-bond donors (Lipinski definition) is 1. The summed E-state index contributed by atoms with van der Waals surface area (Å²) >= 11 is 5.76. The molecule has 1 N–H and O–H groups in total. The zero-order chi connectivity index (χ0) is 11.5. The van der Waals surface area contributed by atoms with Gasteiger partial charge in [-0.2, -0.15) is 0 Å². The molecule has 0 aliphatic rings. The highest BCUT2D eigenvalue weighted by Gasteiger charge is 2.09. The van der Waals surface area contributed by atoms with Crippen LogP contribution in [0.3, 0.4) is 0 Å². The van der Waals surface area contributed by atoms with Crippen LogP contribution in [0.1, 0.15) is 5.69 Å². The van der Waals surface area contributed by atoms with E-state index >= 15 is 0 Å². The number of halogens is 1. The summed E-state index contributed by atoms with van der Waals surface area (Å²) in [4.78, 5) is 10.6. The molecule has 6 heteroatoms. The molecule has 0 saturated carbocycles. The quantitative estimate of drug-likeness (QED) is 0.880. The number of rotatable bonds is 3. The van der Waals surface area contributed by atoms with Gasteiger partial charge in [-0.15, -0.1) is 5.10 Å². The van der Waals surface area contributed by atoms with Crippen LogP contribution in [-0.4, -0.2) is 26.1 Å². The molecule has 0 spiro atoms. The fraction of sp³-hybridized carbons (Fsp3) is 0.100. The van der Waals surface area contributed by atoms with Crippen molar-refractivity contribution in [3.05, 3.63) is 41.2 Å². The third-order valence-electron chi connectivity index (χ3n) is 2.02. The number of nitrogens with zero attached hydrogens (tertiary/aromatic N) is 3. The first-order chi connectivity index (χ1) is 7.66. The topological polar surface area (TPSA) is 68.0 Å². The predicted molar refractivity (Wildman–Crippen MR) is 57.7 cm³/mol. The Bertz CT molecular complexity index is 507. The van der Waals surface area contributed by atoms with Gasteiger partial charge in [-0.05, 0) is 24.3 Å². The van der Waals surface area contributed by atoms with Gasteiger partial charge in [0.05, 0.1) is 24.0 Å². The van der Waals surface area contributed by atoms with Crippen LogP contribution in [-0.2, 0) is 11.2 Å². The van der Waals surface area contributed by atoms with Crippen LogP contribution in [0.25, 0.3) is 5.69 Å². The van der Waals surface area contributed by atoms with Gasteiger partial charge in [-0.1, -0.05) is 16.8 Å². The molecule has 0 amide bonds. The van der Waals surface area contributed by atoms with Crippen LogP contribution in [0.15, 0.2) is 30.5 Å². The van der Waals surface area contributed by atoms with Crippen molar-refractivity contribution in [2.24, 2.45) is 0 Å². The van der Waals surface area contributed by atoms with Crippen LogP contribution < -0.4 is 0 Å². The Kier molecular flexibility index (Phi) is 2.87. The molecule has 5 nitrogen and oxygen atoms in total. The maximum atomic E-state index is 10.6. The van der Waals surface area contributed by atoms with Crippen molar-refractivity contribution in [3.8, 4) is 5.69 Å². The molecule has 1 aromatic heterocycles. The molecule has 1 aromatic carbocycles. The number of carboxylic acid groups (broad SMARTS) is 1. The highest BCUT2D eigenvalue weighted by atomic mass is 35.5. The molecule has 0 aliphatic heterocycles. The SMILES string of the molecule is O=C(O)Cc1cnnn1-c1ccc(Cl)cc1. The zero-order valence-corrected chi connectivity index (χ0v) is 8.92. The fourth-order valence-electron chi connectivity index (χ4n) is 1.33. The molecule has 0 atom stereocenters. The van der Waals surface area contributed by atoms with Gasteiger partial charge in [0.25, 0.3) is 0 Å². The number of aliphatic carboxylic acids is 1. The Morgan fingerprint density at radius 1 is 1.38 bits per heavy atom. The molecule has 0 saturated heterocycles. The predicted octanol–water partition coefficient (Wildman–Crippen LogP) is 1.55. The van der Waals surface area contributed by atoms with E-state index in [-0.39, 0.29) is 6.42 Å². The van der Waals surface area contributed by atoms with Crippen LogP contribution in [0.4, 0.5) is 0 Å². The first-order valence-corrected chi connectivity index (χ1v) is 4.92. The van der Waals surface area contributed by atoms with E-state index in [9.17, 15) is 4.79 Å². The maximum absolute atomic E-state index is 10.6. The van der Waals surface area contributed by atoms with E-state index in [2.05, 4.69) is 10.3 Å². The molecule has 0 unspecified atom stereocenters. The Labute approximate surface area is 96.3 Å². The number of hydrogen-bond acceptors (Lipinski definition) is 3. The van der Waals surface area contributed by atoms with Gasteiger partial charge in [0.2, 0.25) is 0 Å². The van der Waals surface area contributed by atoms with Crippen molar-refractivity contribution in [2.75, 3.05) is 0 Å². The number of benzene rings is 1. The Hall–Kier alpha value is -1.88. The first-order valence-electron chi connectivity index (χ1n) is 4.54. The van der Waals surface area contributed by atoms with Gasteiger partial charge in [0, 0.05) is 5.02 Å². The van der Waals surface area contributed by atoms with E-state index in [1.165, 1.54) is 10.9 Å². The molecule has 82 valence electrons. The third kappa shape index (κ3) is 2.20. The first kappa shape index (κ1) is 10.6. The van der Waals surface area contributed by atoms with Crippen molar-refractivity contribution < 1.29 is 9.90 Å². The van der Waals surface area contributed by atoms with E-state index in [1.54, 1.807) is 24.3 Å². The Morgan fingerprint density at radius 2 is 2.06 bits per heavy atom. The normalized spacial score (nSPS) is 10.3. The molecule has 2 aromatic rings. The largest absolute Gasteiger partial charge is 0.481 e. The average molecular weight is 238 g/mol. The van der Waals surface area contributed by atoms with Crippen molar-refractivity contribution in [2.45, 2.75) is 6.42 Å². The van der Waals surface area contributed by atoms with Crippen LogP contribution >= 0.6 is 11.6 Å². The summed E-state index contributed by atoms with van der Waals surface area (Å²) < 4.78 is 1.48. The maximum Gasteiger partial charge on any atom is 0.309 e. The summed E-state index contributed by atoms with van der Waals surface area (Å²) in [6.07, 6.45) is 1.32. The van der Waals surface area contributed by atoms with Crippen molar-refractivity contribution in [1.29, 1.82) is 0 Å². The van der Waals surface area contributed by atoms with E-state index in [4.69, 9.17) is 16.7 Å². The van der Waals surface area contributed by atoms with Gasteiger partial charge in [-0.25, -0.2) is 4.68 Å². The highest BCUT2D eigenvalue weighted by Crippen LogP contribution is 2.14. The lowest BCUT2D eigenvalue weighted by Crippen LogP contribution is -2.07. The molecular formula is C10H8ClN3O2. The summed E-state index contributed by atoms with van der Waals surface area (Å²) in [6.45, 7) is 0. The second-order valence-corrected chi connectivity index (χ2v) is 3.62. The van der Waals surface area contributed by atoms with E-state index in [0.29, 0.717) is 10.7 Å². The molecule has 16 heavy (non-hydrogen) atoms. The summed E-state index contributed by atoms with van der Waals surface area (Å²) in [7, 11) is 0. The average Bonchev–Trinajstić information content (AvgIpc) is 2.66. The molecule has 2 rings (SSSR count). The second kappa shape index (κ2) is 4.32. The van der Waals surface area contributed by atoms with Crippen LogP contribution in [0.2, 0.25) is 5.02 Å². The van der Waals surface area contributed by atoms with E-state index in [1.807, 2.05) is 0 Å². The third-order valence-corrected chi connectivity index (χ3v) is 2.28. The Morgan fingerprint density at radius 3 is 2.69 bits per heavy atom. The van der Waals surface area contributed by atoms with Crippen molar-refractivity contribution in [1.82, 2.24) is 15.0 Å². The van der Waals surface area contributed by atoms with E-state index < -0.39 is 5.97 Å². The minimum atomic E-state index is -0.919. The van der Waals surface area contributed by atoms with Gasteiger partial charge in [-0.3, -0.25) is 4.79 Å². The van der Waals surface area contributed by atoms with Crippen LogP contribution in [0, 0.1) is 0 Å². The smallest absolute Gasteiger partial charge is 0.309 e.